The van der Waals surface area contributed by atoms with Crippen LogP contribution < -0.4 is 10.2 Å². The normalized spacial score (nSPS) is 15.9. The van der Waals surface area contributed by atoms with Crippen molar-refractivity contribution in [2.75, 3.05) is 16.8 Å². The Morgan fingerprint density at radius 2 is 1.28 bits per heavy atom. The molecule has 2 aliphatic heterocycles. The van der Waals surface area contributed by atoms with E-state index in [1.54, 1.807) is 72.8 Å². The summed E-state index contributed by atoms with van der Waals surface area (Å²) in [4.78, 5) is 52.4. The number of carbonyl (C=O) groups is 4. The summed E-state index contributed by atoms with van der Waals surface area (Å²) in [6.45, 7) is -0.244. The molecule has 2 aliphatic rings. The first-order valence-corrected chi connectivity index (χ1v) is 9.87. The number of carbonyl (C=O) groups excluding carboxylic acids is 4. The van der Waals surface area contributed by atoms with Gasteiger partial charge in [-0.05, 0) is 30.3 Å². The van der Waals surface area contributed by atoms with Crippen LogP contribution in [0.4, 0.5) is 11.4 Å². The molecular formula is C24H16N4O4. The van der Waals surface area contributed by atoms with Crippen LogP contribution in [0.15, 0.2) is 84.0 Å². The molecule has 0 aliphatic carbocycles. The Kier molecular flexibility index (Phi) is 4.59. The number of amides is 4. The average molecular weight is 424 g/mol. The molecule has 0 fully saturated rings. The lowest BCUT2D eigenvalue weighted by atomic mass is 10.1. The molecule has 1 N–H and O–H groups in total. The second kappa shape index (κ2) is 7.59. The number of para-hydroxylation sites is 2. The quantitative estimate of drug-likeness (QED) is 0.651. The lowest BCUT2D eigenvalue weighted by Crippen LogP contribution is -2.38. The monoisotopic (exact) mass is 424 g/mol. The highest BCUT2D eigenvalue weighted by molar-refractivity contribution is 6.55. The Bertz CT molecular complexity index is 1280. The lowest BCUT2D eigenvalue weighted by molar-refractivity contribution is -0.118. The highest BCUT2D eigenvalue weighted by Gasteiger charge is 2.40. The zero-order valence-corrected chi connectivity index (χ0v) is 16.7. The highest BCUT2D eigenvalue weighted by atomic mass is 16.2. The Morgan fingerprint density at radius 3 is 1.94 bits per heavy atom. The van der Waals surface area contributed by atoms with Gasteiger partial charge in [0.1, 0.15) is 6.54 Å². The highest BCUT2D eigenvalue weighted by Crippen LogP contribution is 2.31. The van der Waals surface area contributed by atoms with Crippen LogP contribution in [0, 0.1) is 0 Å². The van der Waals surface area contributed by atoms with Gasteiger partial charge in [-0.3, -0.25) is 24.1 Å². The number of imide groups is 1. The summed E-state index contributed by atoms with van der Waals surface area (Å²) < 4.78 is 0. The van der Waals surface area contributed by atoms with E-state index < -0.39 is 17.7 Å². The number of hydrogen-bond donors (Lipinski definition) is 1. The molecule has 5 rings (SSSR count). The van der Waals surface area contributed by atoms with Gasteiger partial charge in [-0.2, -0.15) is 10.1 Å². The first-order chi connectivity index (χ1) is 15.5. The van der Waals surface area contributed by atoms with E-state index in [-0.39, 0.29) is 29.3 Å². The minimum Gasteiger partial charge on any atom is -0.325 e. The third kappa shape index (κ3) is 3.14. The van der Waals surface area contributed by atoms with Crippen molar-refractivity contribution in [3.05, 3.63) is 95.6 Å². The summed E-state index contributed by atoms with van der Waals surface area (Å²) in [5, 5.41) is 7.60. The first kappa shape index (κ1) is 19.4. The van der Waals surface area contributed by atoms with E-state index in [1.165, 1.54) is 4.90 Å². The van der Waals surface area contributed by atoms with Crippen molar-refractivity contribution in [3.8, 4) is 0 Å². The molecule has 0 aromatic heterocycles. The number of nitrogens with one attached hydrogen (secondary N) is 1. The Labute approximate surface area is 182 Å². The number of anilines is 2. The minimum atomic E-state index is -0.594. The fourth-order valence-corrected chi connectivity index (χ4v) is 3.75. The summed E-state index contributed by atoms with van der Waals surface area (Å²) >= 11 is 0. The van der Waals surface area contributed by atoms with Gasteiger partial charge in [-0.15, -0.1) is 0 Å². The van der Waals surface area contributed by atoms with Crippen LogP contribution in [0.25, 0.3) is 0 Å². The predicted octanol–water partition coefficient (Wildman–Crippen LogP) is 2.67. The smallest absolute Gasteiger partial charge is 0.282 e. The summed E-state index contributed by atoms with van der Waals surface area (Å²) in [5.74, 6) is -2.14. The van der Waals surface area contributed by atoms with E-state index >= 15 is 0 Å². The standard InChI is InChI=1S/C24H16N4O4/c29-20(25-15-8-2-1-3-9-15)14-27-19-13-7-6-12-18(19)21(24(27)32)26-28-22(30)16-10-4-5-11-17(16)23(28)31/h1-13H,14H2,(H,25,29)/b26-21+. The summed E-state index contributed by atoms with van der Waals surface area (Å²) in [6, 6.07) is 22.1. The molecule has 0 bridgehead atoms. The molecule has 0 saturated heterocycles. The van der Waals surface area contributed by atoms with Crippen LogP contribution in [0.3, 0.4) is 0 Å². The average Bonchev–Trinajstić information content (AvgIpc) is 3.21. The van der Waals surface area contributed by atoms with E-state index in [0.717, 1.165) is 0 Å². The van der Waals surface area contributed by atoms with Crippen molar-refractivity contribution >= 4 is 40.7 Å². The minimum absolute atomic E-state index is 0.0670. The molecule has 2 heterocycles. The van der Waals surface area contributed by atoms with Crippen LogP contribution in [0.1, 0.15) is 26.3 Å². The number of nitrogens with zero attached hydrogens (tertiary/aromatic N) is 3. The molecule has 3 aromatic carbocycles. The molecular weight excluding hydrogens is 408 g/mol. The topological polar surface area (TPSA) is 99.2 Å². The van der Waals surface area contributed by atoms with Gasteiger partial charge in [0.15, 0.2) is 5.71 Å². The molecule has 8 nitrogen and oxygen atoms in total. The maximum absolute atomic E-state index is 13.2. The van der Waals surface area contributed by atoms with E-state index in [4.69, 9.17) is 0 Å². The maximum Gasteiger partial charge on any atom is 0.282 e. The summed E-state index contributed by atoms with van der Waals surface area (Å²) in [6.07, 6.45) is 0. The zero-order valence-electron chi connectivity index (χ0n) is 16.7. The summed E-state index contributed by atoms with van der Waals surface area (Å²) in [7, 11) is 0. The number of hydrogen-bond acceptors (Lipinski definition) is 5. The second-order valence-corrected chi connectivity index (χ2v) is 7.24. The molecule has 4 amide bonds. The zero-order chi connectivity index (χ0) is 22.2. The van der Waals surface area contributed by atoms with Crippen molar-refractivity contribution in [1.82, 2.24) is 5.01 Å². The van der Waals surface area contributed by atoms with Crippen LogP contribution in [-0.4, -0.2) is 40.9 Å². The first-order valence-electron chi connectivity index (χ1n) is 9.87. The molecule has 0 spiro atoms. The largest absolute Gasteiger partial charge is 0.325 e. The lowest BCUT2D eigenvalue weighted by Gasteiger charge is -2.16. The number of hydrazone groups is 1. The van der Waals surface area contributed by atoms with Crippen molar-refractivity contribution in [2.45, 2.75) is 0 Å². The predicted molar refractivity (Wildman–Crippen MR) is 117 cm³/mol. The van der Waals surface area contributed by atoms with Crippen molar-refractivity contribution in [2.24, 2.45) is 5.10 Å². The number of fused-ring (bicyclic) bond motifs is 2. The SMILES string of the molecule is O=C(CN1C(=O)/C(=N/N2C(=O)c3ccccc3C2=O)c2ccccc21)Nc1ccccc1. The van der Waals surface area contributed by atoms with Gasteiger partial charge >= 0.3 is 0 Å². The van der Waals surface area contributed by atoms with Crippen molar-refractivity contribution < 1.29 is 19.2 Å². The Balaban J connectivity index is 1.45. The summed E-state index contributed by atoms with van der Waals surface area (Å²) in [5.41, 5.74) is 1.94. The van der Waals surface area contributed by atoms with Gasteiger partial charge in [0.05, 0.1) is 16.8 Å². The molecule has 0 unspecified atom stereocenters. The van der Waals surface area contributed by atoms with Gasteiger partial charge in [-0.25, -0.2) is 0 Å². The number of rotatable bonds is 4. The van der Waals surface area contributed by atoms with E-state index in [0.29, 0.717) is 21.9 Å². The van der Waals surface area contributed by atoms with Gasteiger partial charge in [-0.1, -0.05) is 48.5 Å². The van der Waals surface area contributed by atoms with Crippen LogP contribution in [0.5, 0.6) is 0 Å². The molecule has 3 aromatic rings. The van der Waals surface area contributed by atoms with Gasteiger partial charge in [0, 0.05) is 11.3 Å². The van der Waals surface area contributed by atoms with Crippen LogP contribution in [0.2, 0.25) is 0 Å². The van der Waals surface area contributed by atoms with Crippen LogP contribution in [-0.2, 0) is 9.59 Å². The van der Waals surface area contributed by atoms with Gasteiger partial charge in [0.25, 0.3) is 17.7 Å². The van der Waals surface area contributed by atoms with Crippen molar-refractivity contribution in [1.29, 1.82) is 0 Å². The third-order valence-electron chi connectivity index (χ3n) is 5.23. The van der Waals surface area contributed by atoms with Gasteiger partial charge < -0.3 is 5.32 Å². The van der Waals surface area contributed by atoms with Crippen molar-refractivity contribution in [3.63, 3.8) is 0 Å². The molecule has 156 valence electrons. The number of benzene rings is 3. The molecule has 8 heteroatoms. The molecule has 0 atom stereocenters. The maximum atomic E-state index is 13.2. The van der Waals surface area contributed by atoms with E-state index in [1.807, 2.05) is 6.07 Å². The molecule has 0 saturated carbocycles. The second-order valence-electron chi connectivity index (χ2n) is 7.24. The van der Waals surface area contributed by atoms with E-state index in [9.17, 15) is 19.2 Å². The Hall–Kier alpha value is -4.59. The fraction of sp³-hybridized carbons (Fsp3) is 0.0417. The van der Waals surface area contributed by atoms with Crippen LogP contribution >= 0.6 is 0 Å². The third-order valence-corrected chi connectivity index (χ3v) is 5.23. The molecule has 32 heavy (non-hydrogen) atoms. The van der Waals surface area contributed by atoms with E-state index in [2.05, 4.69) is 10.4 Å². The molecule has 0 radical (unpaired) electrons. The van der Waals surface area contributed by atoms with Gasteiger partial charge in [0.2, 0.25) is 5.91 Å². The fourth-order valence-electron chi connectivity index (χ4n) is 3.75. The Morgan fingerprint density at radius 1 is 0.719 bits per heavy atom.